The molecule has 33 heavy (non-hydrogen) atoms. The second kappa shape index (κ2) is 10.3. The zero-order valence-corrected chi connectivity index (χ0v) is 19.5. The molecule has 0 saturated carbocycles. The second-order valence-electron chi connectivity index (χ2n) is 7.74. The molecule has 0 aliphatic rings. The van der Waals surface area contributed by atoms with Gasteiger partial charge >= 0.3 is 6.03 Å². The Bertz CT molecular complexity index is 1240. The zero-order valence-electron chi connectivity index (χ0n) is 18.7. The quantitative estimate of drug-likeness (QED) is 0.341. The predicted octanol–water partition coefficient (Wildman–Crippen LogP) is 5.83. The number of benzene rings is 1. The number of nitrogens with one attached hydrogen (secondary N) is 2. The van der Waals surface area contributed by atoms with E-state index in [1.807, 2.05) is 36.4 Å². The van der Waals surface area contributed by atoms with Crippen LogP contribution in [-0.2, 0) is 0 Å². The van der Waals surface area contributed by atoms with E-state index < -0.39 is 6.03 Å². The summed E-state index contributed by atoms with van der Waals surface area (Å²) in [7, 11) is 1.58. The van der Waals surface area contributed by atoms with E-state index in [4.69, 9.17) is 9.47 Å². The highest BCUT2D eigenvalue weighted by atomic mass is 32.1. The third-order valence-corrected chi connectivity index (χ3v) is 5.69. The SMILES string of the molecule is COc1ccc(-c2ccc3nc(NC(=O)Nc4ccccc4OCCC(C)C)sc3n2)cn1. The molecule has 4 aromatic rings. The highest BCUT2D eigenvalue weighted by Crippen LogP contribution is 2.29. The molecule has 3 heterocycles. The Kier molecular flexibility index (Phi) is 6.99. The van der Waals surface area contributed by atoms with Gasteiger partial charge < -0.3 is 14.8 Å². The summed E-state index contributed by atoms with van der Waals surface area (Å²) in [6.07, 6.45) is 2.65. The molecule has 3 aromatic heterocycles. The van der Waals surface area contributed by atoms with Gasteiger partial charge in [-0.05, 0) is 42.7 Å². The van der Waals surface area contributed by atoms with Crippen LogP contribution in [0.2, 0.25) is 0 Å². The van der Waals surface area contributed by atoms with Crippen molar-refractivity contribution in [3.8, 4) is 22.9 Å². The lowest BCUT2D eigenvalue weighted by atomic mass is 10.1. The number of urea groups is 1. The Hall–Kier alpha value is -3.72. The lowest BCUT2D eigenvalue weighted by Gasteiger charge is -2.13. The number of anilines is 2. The molecule has 1 aromatic carbocycles. The van der Waals surface area contributed by atoms with Gasteiger partial charge in [0.1, 0.15) is 16.1 Å². The molecular weight excluding hydrogens is 438 g/mol. The molecule has 170 valence electrons. The average molecular weight is 464 g/mol. The molecule has 0 spiro atoms. The highest BCUT2D eigenvalue weighted by molar-refractivity contribution is 7.22. The molecule has 0 atom stereocenters. The molecular formula is C24H25N5O3S. The number of carbonyl (C=O) groups is 1. The first kappa shape index (κ1) is 22.5. The van der Waals surface area contributed by atoms with Crippen molar-refractivity contribution in [3.63, 3.8) is 0 Å². The first-order valence-electron chi connectivity index (χ1n) is 10.6. The fraction of sp³-hybridized carbons (Fsp3) is 0.250. The minimum absolute atomic E-state index is 0.395. The summed E-state index contributed by atoms with van der Waals surface area (Å²) < 4.78 is 10.9. The summed E-state index contributed by atoms with van der Waals surface area (Å²) in [5.41, 5.74) is 2.95. The van der Waals surface area contributed by atoms with Crippen molar-refractivity contribution in [2.75, 3.05) is 24.4 Å². The molecule has 0 fully saturated rings. The van der Waals surface area contributed by atoms with Crippen LogP contribution in [0.15, 0.2) is 54.7 Å². The fourth-order valence-electron chi connectivity index (χ4n) is 3.03. The maximum Gasteiger partial charge on any atom is 0.325 e. The third kappa shape index (κ3) is 5.75. The van der Waals surface area contributed by atoms with Gasteiger partial charge in [0.2, 0.25) is 5.88 Å². The first-order valence-corrected chi connectivity index (χ1v) is 11.4. The Morgan fingerprint density at radius 1 is 1.06 bits per heavy atom. The number of rotatable bonds is 8. The molecule has 0 radical (unpaired) electrons. The number of hydrogen-bond acceptors (Lipinski definition) is 7. The van der Waals surface area contributed by atoms with Crippen molar-refractivity contribution in [2.24, 2.45) is 5.92 Å². The van der Waals surface area contributed by atoms with Crippen molar-refractivity contribution in [1.82, 2.24) is 15.0 Å². The number of para-hydroxylation sites is 2. The lowest BCUT2D eigenvalue weighted by molar-refractivity contribution is 0.261. The van der Waals surface area contributed by atoms with Gasteiger partial charge in [-0.1, -0.05) is 37.3 Å². The topological polar surface area (TPSA) is 98.3 Å². The average Bonchev–Trinajstić information content (AvgIpc) is 3.21. The number of carbonyl (C=O) groups excluding carboxylic acids is 1. The van der Waals surface area contributed by atoms with E-state index in [1.54, 1.807) is 25.4 Å². The molecule has 8 nitrogen and oxygen atoms in total. The largest absolute Gasteiger partial charge is 0.491 e. The van der Waals surface area contributed by atoms with Crippen LogP contribution in [0.5, 0.6) is 11.6 Å². The van der Waals surface area contributed by atoms with Gasteiger partial charge in [0.25, 0.3) is 0 Å². The second-order valence-corrected chi connectivity index (χ2v) is 8.71. The van der Waals surface area contributed by atoms with Crippen LogP contribution in [0.1, 0.15) is 20.3 Å². The van der Waals surface area contributed by atoms with Crippen LogP contribution in [0.3, 0.4) is 0 Å². The third-order valence-electron chi connectivity index (χ3n) is 4.81. The fourth-order valence-corrected chi connectivity index (χ4v) is 3.87. The number of methoxy groups -OCH3 is 1. The van der Waals surface area contributed by atoms with Crippen molar-refractivity contribution in [1.29, 1.82) is 0 Å². The van der Waals surface area contributed by atoms with Crippen LogP contribution in [0.25, 0.3) is 21.6 Å². The van der Waals surface area contributed by atoms with Crippen LogP contribution in [0, 0.1) is 5.92 Å². The van der Waals surface area contributed by atoms with E-state index in [2.05, 4.69) is 39.4 Å². The van der Waals surface area contributed by atoms with E-state index in [-0.39, 0.29) is 0 Å². The molecule has 0 unspecified atom stereocenters. The minimum atomic E-state index is -0.395. The van der Waals surface area contributed by atoms with Crippen LogP contribution >= 0.6 is 11.3 Å². The molecule has 2 amide bonds. The summed E-state index contributed by atoms with van der Waals surface area (Å²) in [6, 6.07) is 14.4. The summed E-state index contributed by atoms with van der Waals surface area (Å²) in [6.45, 7) is 4.88. The molecule has 0 saturated heterocycles. The van der Waals surface area contributed by atoms with Gasteiger partial charge in [-0.25, -0.2) is 19.7 Å². The molecule has 9 heteroatoms. The van der Waals surface area contributed by atoms with E-state index >= 15 is 0 Å². The minimum Gasteiger partial charge on any atom is -0.491 e. The Labute approximate surface area is 196 Å². The smallest absolute Gasteiger partial charge is 0.325 e. The highest BCUT2D eigenvalue weighted by Gasteiger charge is 2.12. The van der Waals surface area contributed by atoms with Crippen LogP contribution in [0.4, 0.5) is 15.6 Å². The van der Waals surface area contributed by atoms with E-state index in [0.29, 0.717) is 40.5 Å². The van der Waals surface area contributed by atoms with E-state index in [9.17, 15) is 4.79 Å². The standard InChI is InChI=1S/C24H25N5O3S/c1-15(2)12-13-32-20-7-5-4-6-18(20)27-23(30)29-24-28-19-10-9-17(26-22(19)33-24)16-8-11-21(31-3)25-14-16/h4-11,14-15H,12-13H2,1-3H3,(H2,27,28,29,30). The number of aromatic nitrogens is 3. The molecule has 0 aliphatic heterocycles. The molecule has 4 rings (SSSR count). The number of pyridine rings is 2. The number of ether oxygens (including phenoxy) is 2. The van der Waals surface area contributed by atoms with Crippen molar-refractivity contribution < 1.29 is 14.3 Å². The summed E-state index contributed by atoms with van der Waals surface area (Å²) in [5, 5.41) is 6.09. The van der Waals surface area contributed by atoms with Gasteiger partial charge in [-0.3, -0.25) is 5.32 Å². The first-order chi connectivity index (χ1) is 16.0. The number of fused-ring (bicyclic) bond motifs is 1. The van der Waals surface area contributed by atoms with Gasteiger partial charge in [-0.2, -0.15) is 0 Å². The molecule has 2 N–H and O–H groups in total. The van der Waals surface area contributed by atoms with Gasteiger partial charge in [0.15, 0.2) is 5.13 Å². The number of thiazole rings is 1. The number of nitrogens with zero attached hydrogens (tertiary/aromatic N) is 3. The van der Waals surface area contributed by atoms with Crippen LogP contribution in [-0.4, -0.2) is 34.7 Å². The van der Waals surface area contributed by atoms with Crippen molar-refractivity contribution in [3.05, 3.63) is 54.7 Å². The van der Waals surface area contributed by atoms with Gasteiger partial charge in [0.05, 0.1) is 25.1 Å². The predicted molar refractivity (Wildman–Crippen MR) is 131 cm³/mol. The Morgan fingerprint density at radius 2 is 1.91 bits per heavy atom. The normalized spacial score (nSPS) is 10.9. The van der Waals surface area contributed by atoms with Crippen molar-refractivity contribution >= 4 is 38.5 Å². The maximum atomic E-state index is 12.6. The monoisotopic (exact) mass is 463 g/mol. The number of hydrogen-bond donors (Lipinski definition) is 2. The maximum absolute atomic E-state index is 12.6. The van der Waals surface area contributed by atoms with Gasteiger partial charge in [0, 0.05) is 17.8 Å². The lowest BCUT2D eigenvalue weighted by Crippen LogP contribution is -2.19. The molecule has 0 bridgehead atoms. The van der Waals surface area contributed by atoms with Crippen molar-refractivity contribution in [2.45, 2.75) is 20.3 Å². The van der Waals surface area contributed by atoms with Gasteiger partial charge in [-0.15, -0.1) is 0 Å². The summed E-state index contributed by atoms with van der Waals surface area (Å²) >= 11 is 1.30. The summed E-state index contributed by atoms with van der Waals surface area (Å²) in [5.74, 6) is 1.72. The summed E-state index contributed by atoms with van der Waals surface area (Å²) in [4.78, 5) is 26.7. The Morgan fingerprint density at radius 3 is 2.67 bits per heavy atom. The Balaban J connectivity index is 1.44. The molecule has 0 aliphatic carbocycles. The van der Waals surface area contributed by atoms with E-state index in [1.165, 1.54) is 11.3 Å². The van der Waals surface area contributed by atoms with Crippen LogP contribution < -0.4 is 20.1 Å². The zero-order chi connectivity index (χ0) is 23.2. The number of amides is 2. The van der Waals surface area contributed by atoms with E-state index in [0.717, 1.165) is 22.5 Å².